The van der Waals surface area contributed by atoms with Gasteiger partial charge in [-0.25, -0.2) is 0 Å². The lowest BCUT2D eigenvalue weighted by Gasteiger charge is -2.33. The van der Waals surface area contributed by atoms with Crippen LogP contribution in [0.3, 0.4) is 0 Å². The third-order valence-electron chi connectivity index (χ3n) is 2.26. The third-order valence-corrected chi connectivity index (χ3v) is 4.71. The van der Waals surface area contributed by atoms with E-state index in [0.717, 1.165) is 0 Å². The SMILES string of the molecule is C=CC(C=C)(OC(C=C)(C=C)S(=O)(=O)O)S(=O)(=O)O. The number of hydrogen-bond acceptors (Lipinski definition) is 5. The van der Waals surface area contributed by atoms with Crippen molar-refractivity contribution in [3.8, 4) is 0 Å². The zero-order valence-corrected chi connectivity index (χ0v) is 11.5. The van der Waals surface area contributed by atoms with Crippen LogP contribution in [0.1, 0.15) is 0 Å². The van der Waals surface area contributed by atoms with Gasteiger partial charge in [-0.2, -0.15) is 16.8 Å². The van der Waals surface area contributed by atoms with Gasteiger partial charge >= 0.3 is 20.2 Å². The second-order valence-electron chi connectivity index (χ2n) is 3.31. The van der Waals surface area contributed by atoms with Gasteiger partial charge in [-0.1, -0.05) is 26.3 Å². The summed E-state index contributed by atoms with van der Waals surface area (Å²) in [6.07, 6.45) is 2.40. The summed E-state index contributed by atoms with van der Waals surface area (Å²) in [6.45, 7) is 12.5. The lowest BCUT2D eigenvalue weighted by Crippen LogP contribution is -2.49. The zero-order chi connectivity index (χ0) is 15.5. The van der Waals surface area contributed by atoms with Crippen molar-refractivity contribution in [1.82, 2.24) is 0 Å². The first-order valence-corrected chi connectivity index (χ1v) is 7.52. The van der Waals surface area contributed by atoms with E-state index in [9.17, 15) is 16.8 Å². The standard InChI is InChI=1S/C10H14O7S2/c1-5-9(6-2,18(11,12)13)17-10(7-3,8-4)19(14,15)16/h5-8H,1-4H2,(H,11,12,13)(H,14,15,16). The molecule has 0 amide bonds. The van der Waals surface area contributed by atoms with Crippen LogP contribution in [0.5, 0.6) is 0 Å². The van der Waals surface area contributed by atoms with E-state index in [1.54, 1.807) is 0 Å². The predicted molar refractivity (Wildman–Crippen MR) is 70.4 cm³/mol. The fraction of sp³-hybridized carbons (Fsp3) is 0.200. The van der Waals surface area contributed by atoms with E-state index in [1.807, 2.05) is 0 Å². The molecule has 0 aliphatic rings. The van der Waals surface area contributed by atoms with E-state index in [2.05, 4.69) is 26.3 Å². The fourth-order valence-electron chi connectivity index (χ4n) is 1.11. The van der Waals surface area contributed by atoms with Crippen molar-refractivity contribution in [3.05, 3.63) is 50.6 Å². The monoisotopic (exact) mass is 310 g/mol. The molecular formula is C10H14O7S2. The molecule has 0 spiro atoms. The van der Waals surface area contributed by atoms with Gasteiger partial charge < -0.3 is 4.74 Å². The van der Waals surface area contributed by atoms with Crippen molar-refractivity contribution >= 4 is 20.2 Å². The molecule has 0 heterocycles. The van der Waals surface area contributed by atoms with E-state index in [0.29, 0.717) is 24.3 Å². The van der Waals surface area contributed by atoms with Crippen LogP contribution in [0.2, 0.25) is 0 Å². The molecule has 0 bridgehead atoms. The van der Waals surface area contributed by atoms with E-state index in [4.69, 9.17) is 13.8 Å². The molecule has 0 rings (SSSR count). The Balaban J connectivity index is 6.25. The molecular weight excluding hydrogens is 296 g/mol. The molecule has 9 heteroatoms. The maximum atomic E-state index is 11.3. The van der Waals surface area contributed by atoms with Gasteiger partial charge in [0.2, 0.25) is 9.87 Å². The third kappa shape index (κ3) is 3.01. The Bertz CT molecular complexity index is 528. The highest BCUT2D eigenvalue weighted by Gasteiger charge is 2.50. The van der Waals surface area contributed by atoms with E-state index >= 15 is 0 Å². The van der Waals surface area contributed by atoms with Gasteiger partial charge in [0.05, 0.1) is 0 Å². The van der Waals surface area contributed by atoms with Gasteiger partial charge in [0.15, 0.2) is 0 Å². The second-order valence-corrected chi connectivity index (χ2v) is 6.49. The second kappa shape index (κ2) is 5.39. The Hall–Kier alpha value is -1.26. The summed E-state index contributed by atoms with van der Waals surface area (Å²) in [7, 11) is -9.94. The van der Waals surface area contributed by atoms with Crippen LogP contribution in [0.25, 0.3) is 0 Å². The first kappa shape index (κ1) is 17.7. The van der Waals surface area contributed by atoms with E-state index < -0.39 is 30.1 Å². The smallest absolute Gasteiger partial charge is 0.303 e. The molecule has 0 saturated carbocycles. The van der Waals surface area contributed by atoms with E-state index in [1.165, 1.54) is 0 Å². The maximum Gasteiger partial charge on any atom is 0.303 e. The average Bonchev–Trinajstić information content (AvgIpc) is 2.28. The Morgan fingerprint density at radius 1 is 0.737 bits per heavy atom. The Labute approximate surface area is 112 Å². The van der Waals surface area contributed by atoms with Crippen LogP contribution in [0.15, 0.2) is 50.6 Å². The average molecular weight is 310 g/mol. The molecule has 0 aromatic carbocycles. The summed E-state index contributed by atoms with van der Waals surface area (Å²) >= 11 is 0. The normalized spacial score (nSPS) is 13.6. The van der Waals surface area contributed by atoms with Crippen molar-refractivity contribution in [2.45, 2.75) is 9.87 Å². The molecule has 7 nitrogen and oxygen atoms in total. The minimum atomic E-state index is -4.97. The van der Waals surface area contributed by atoms with Crippen LogP contribution in [-0.2, 0) is 25.0 Å². The predicted octanol–water partition coefficient (Wildman–Crippen LogP) is 0.915. The molecule has 108 valence electrons. The number of hydrogen-bond donors (Lipinski definition) is 2. The topological polar surface area (TPSA) is 118 Å². The molecule has 0 atom stereocenters. The van der Waals surface area contributed by atoms with Gasteiger partial charge in [-0.05, 0) is 24.3 Å². The maximum absolute atomic E-state index is 11.3. The molecule has 0 aromatic heterocycles. The van der Waals surface area contributed by atoms with Gasteiger partial charge in [-0.3, -0.25) is 9.11 Å². The number of ether oxygens (including phenoxy) is 1. The minimum Gasteiger partial charge on any atom is -0.317 e. The first-order chi connectivity index (χ1) is 8.45. The first-order valence-electron chi connectivity index (χ1n) is 4.64. The van der Waals surface area contributed by atoms with Gasteiger partial charge in [0.1, 0.15) is 0 Å². The molecule has 0 radical (unpaired) electrons. The quantitative estimate of drug-likeness (QED) is 0.505. The Kier molecular flexibility index (Phi) is 5.03. The van der Waals surface area contributed by atoms with Gasteiger partial charge in [0.25, 0.3) is 0 Å². The molecule has 0 saturated heterocycles. The van der Waals surface area contributed by atoms with Crippen LogP contribution >= 0.6 is 0 Å². The highest BCUT2D eigenvalue weighted by atomic mass is 32.2. The lowest BCUT2D eigenvalue weighted by atomic mass is 10.3. The largest absolute Gasteiger partial charge is 0.317 e. The van der Waals surface area contributed by atoms with Crippen molar-refractivity contribution in [2.75, 3.05) is 0 Å². The molecule has 0 aliphatic heterocycles. The van der Waals surface area contributed by atoms with Crippen molar-refractivity contribution in [3.63, 3.8) is 0 Å². The van der Waals surface area contributed by atoms with Crippen LogP contribution in [0.4, 0.5) is 0 Å². The minimum absolute atomic E-state index is 0.599. The summed E-state index contributed by atoms with van der Waals surface area (Å²) in [5.74, 6) is 0. The molecule has 0 fully saturated rings. The molecule has 0 aromatic rings. The summed E-state index contributed by atoms with van der Waals surface area (Å²) in [5.41, 5.74) is 0. The van der Waals surface area contributed by atoms with Crippen LogP contribution in [0, 0.1) is 0 Å². The lowest BCUT2D eigenvalue weighted by molar-refractivity contribution is 0.0293. The summed E-state index contributed by atoms with van der Waals surface area (Å²) in [5, 5.41) is 0. The fourth-order valence-corrected chi connectivity index (χ4v) is 2.49. The molecule has 19 heavy (non-hydrogen) atoms. The Morgan fingerprint density at radius 2 is 0.947 bits per heavy atom. The van der Waals surface area contributed by atoms with Crippen molar-refractivity contribution in [2.24, 2.45) is 0 Å². The summed E-state index contributed by atoms with van der Waals surface area (Å²) < 4.78 is 68.2. The van der Waals surface area contributed by atoms with Crippen LogP contribution < -0.4 is 0 Å². The Morgan fingerprint density at radius 3 is 1.05 bits per heavy atom. The van der Waals surface area contributed by atoms with E-state index in [-0.39, 0.29) is 0 Å². The number of rotatable bonds is 8. The van der Waals surface area contributed by atoms with Gasteiger partial charge in [-0.15, -0.1) is 0 Å². The summed E-state index contributed by atoms with van der Waals surface area (Å²) in [4.78, 5) is -5.32. The molecule has 0 unspecified atom stereocenters. The highest BCUT2D eigenvalue weighted by Crippen LogP contribution is 2.32. The molecule has 2 N–H and O–H groups in total. The van der Waals surface area contributed by atoms with Crippen molar-refractivity contribution < 1.29 is 30.7 Å². The van der Waals surface area contributed by atoms with Gasteiger partial charge in [0, 0.05) is 0 Å². The highest BCUT2D eigenvalue weighted by molar-refractivity contribution is 7.88. The zero-order valence-electron chi connectivity index (χ0n) is 9.89. The summed E-state index contributed by atoms with van der Waals surface area (Å²) in [6, 6.07) is 0. The van der Waals surface area contributed by atoms with Crippen LogP contribution in [-0.4, -0.2) is 35.8 Å². The van der Waals surface area contributed by atoms with Crippen molar-refractivity contribution in [1.29, 1.82) is 0 Å². The molecule has 0 aliphatic carbocycles.